The number of aromatic nitrogens is 2. The van der Waals surface area contributed by atoms with E-state index in [1.165, 1.54) is 49.9 Å². The predicted octanol–water partition coefficient (Wildman–Crippen LogP) is 2.56. The van der Waals surface area contributed by atoms with Crippen molar-refractivity contribution in [2.75, 3.05) is 6.54 Å². The van der Waals surface area contributed by atoms with Gasteiger partial charge in [-0.05, 0) is 38.3 Å². The largest absolute Gasteiger partial charge is 0.309 e. The Hall–Kier alpha value is -0.960. The summed E-state index contributed by atoms with van der Waals surface area (Å²) in [5.74, 6) is 0.713. The smallest absolute Gasteiger partial charge is 0.116 e. The van der Waals surface area contributed by atoms with Crippen LogP contribution < -0.4 is 5.32 Å². The molecule has 16 heavy (non-hydrogen) atoms. The van der Waals surface area contributed by atoms with Gasteiger partial charge in [-0.3, -0.25) is 0 Å². The van der Waals surface area contributed by atoms with Crippen LogP contribution in [0.25, 0.3) is 0 Å². The molecule has 0 aromatic carbocycles. The Balaban J connectivity index is 1.77. The van der Waals surface area contributed by atoms with E-state index in [2.05, 4.69) is 21.4 Å². The van der Waals surface area contributed by atoms with E-state index >= 15 is 0 Å². The van der Waals surface area contributed by atoms with Crippen molar-refractivity contribution in [3.63, 3.8) is 0 Å². The number of nitrogens with zero attached hydrogens (tertiary/aromatic N) is 2. The number of rotatable bonds is 2. The van der Waals surface area contributed by atoms with Gasteiger partial charge < -0.3 is 5.32 Å². The van der Waals surface area contributed by atoms with Crippen LogP contribution in [0.5, 0.6) is 0 Å². The Kier molecular flexibility index (Phi) is 2.87. The van der Waals surface area contributed by atoms with E-state index in [1.54, 1.807) is 6.33 Å². The molecule has 1 saturated heterocycles. The lowest BCUT2D eigenvalue weighted by Gasteiger charge is -2.27. The molecule has 1 aliphatic carbocycles. The van der Waals surface area contributed by atoms with Crippen LogP contribution in [0.15, 0.2) is 12.4 Å². The fourth-order valence-corrected chi connectivity index (χ4v) is 2.61. The monoisotopic (exact) mass is 217 g/mol. The van der Waals surface area contributed by atoms with E-state index in [0.29, 0.717) is 12.0 Å². The molecule has 1 atom stereocenters. The maximum Gasteiger partial charge on any atom is 0.116 e. The average Bonchev–Trinajstić information content (AvgIpc) is 2.28. The molecule has 0 bridgehead atoms. The van der Waals surface area contributed by atoms with Gasteiger partial charge in [0.15, 0.2) is 0 Å². The molecule has 3 nitrogen and oxygen atoms in total. The lowest BCUT2D eigenvalue weighted by molar-refractivity contribution is 0.395. The quantitative estimate of drug-likeness (QED) is 0.827. The third-order valence-electron chi connectivity index (χ3n) is 3.90. The Bertz CT molecular complexity index is 354. The summed E-state index contributed by atoms with van der Waals surface area (Å²) in [5.41, 5.74) is 2.47. The summed E-state index contributed by atoms with van der Waals surface area (Å²) in [5, 5.41) is 3.55. The summed E-state index contributed by atoms with van der Waals surface area (Å²) in [6.45, 7) is 1.13. The normalized spacial score (nSPS) is 26.4. The molecular formula is C13H19N3. The standard InChI is InChI=1S/C13H19N3/c1-2-7-14-11(6-1)13-8-12(15-9-16-13)10-4-3-5-10/h8-11,14H,1-7H2. The van der Waals surface area contributed by atoms with E-state index in [9.17, 15) is 0 Å². The van der Waals surface area contributed by atoms with Crippen molar-refractivity contribution < 1.29 is 0 Å². The van der Waals surface area contributed by atoms with Crippen molar-refractivity contribution in [2.45, 2.75) is 50.5 Å². The zero-order valence-corrected chi connectivity index (χ0v) is 9.65. The van der Waals surface area contributed by atoms with Gasteiger partial charge in [0, 0.05) is 17.7 Å². The molecule has 2 aliphatic rings. The van der Waals surface area contributed by atoms with Gasteiger partial charge in [-0.15, -0.1) is 0 Å². The lowest BCUT2D eigenvalue weighted by Crippen LogP contribution is -2.27. The fraction of sp³-hybridized carbons (Fsp3) is 0.692. The minimum atomic E-state index is 0.468. The molecule has 86 valence electrons. The van der Waals surface area contributed by atoms with E-state index in [0.717, 1.165) is 6.54 Å². The first kappa shape index (κ1) is 10.2. The molecule has 3 heteroatoms. The van der Waals surface area contributed by atoms with Crippen LogP contribution in [0.2, 0.25) is 0 Å². The maximum absolute atomic E-state index is 4.43. The Morgan fingerprint density at radius 2 is 1.88 bits per heavy atom. The molecule has 1 N–H and O–H groups in total. The topological polar surface area (TPSA) is 37.8 Å². The van der Waals surface area contributed by atoms with Crippen molar-refractivity contribution in [1.82, 2.24) is 15.3 Å². The summed E-state index contributed by atoms with van der Waals surface area (Å²) in [6.07, 6.45) is 9.59. The van der Waals surface area contributed by atoms with Crippen LogP contribution in [0, 0.1) is 0 Å². The van der Waals surface area contributed by atoms with Gasteiger partial charge in [0.1, 0.15) is 6.33 Å². The van der Waals surface area contributed by atoms with Crippen molar-refractivity contribution in [3.8, 4) is 0 Å². The maximum atomic E-state index is 4.43. The first-order chi connectivity index (χ1) is 7.93. The minimum Gasteiger partial charge on any atom is -0.309 e. The van der Waals surface area contributed by atoms with Crippen LogP contribution >= 0.6 is 0 Å². The highest BCUT2D eigenvalue weighted by molar-refractivity contribution is 5.17. The van der Waals surface area contributed by atoms with Gasteiger partial charge in [-0.25, -0.2) is 9.97 Å². The predicted molar refractivity (Wildman–Crippen MR) is 63.2 cm³/mol. The number of piperidine rings is 1. The van der Waals surface area contributed by atoms with E-state index in [1.807, 2.05) is 0 Å². The van der Waals surface area contributed by atoms with Crippen molar-refractivity contribution >= 4 is 0 Å². The molecule has 0 radical (unpaired) electrons. The molecule has 1 unspecified atom stereocenters. The van der Waals surface area contributed by atoms with Crippen molar-refractivity contribution in [2.24, 2.45) is 0 Å². The Morgan fingerprint density at radius 3 is 2.56 bits per heavy atom. The lowest BCUT2D eigenvalue weighted by atomic mass is 9.82. The molecule has 0 amide bonds. The van der Waals surface area contributed by atoms with Gasteiger partial charge in [-0.2, -0.15) is 0 Å². The highest BCUT2D eigenvalue weighted by Gasteiger charge is 2.23. The summed E-state index contributed by atoms with van der Waals surface area (Å²) >= 11 is 0. The first-order valence-corrected chi connectivity index (χ1v) is 6.49. The average molecular weight is 217 g/mol. The SMILES string of the molecule is c1nc(C2CCC2)cc(C2CCCCN2)n1. The van der Waals surface area contributed by atoms with Gasteiger partial charge >= 0.3 is 0 Å². The van der Waals surface area contributed by atoms with Gasteiger partial charge in [-0.1, -0.05) is 12.8 Å². The number of nitrogens with one attached hydrogen (secondary N) is 1. The Labute approximate surface area is 96.7 Å². The number of hydrogen-bond donors (Lipinski definition) is 1. The molecule has 1 aromatic heterocycles. The molecule has 3 rings (SSSR count). The molecule has 1 aliphatic heterocycles. The van der Waals surface area contributed by atoms with Crippen LogP contribution in [0.4, 0.5) is 0 Å². The van der Waals surface area contributed by atoms with Crippen molar-refractivity contribution in [3.05, 3.63) is 23.8 Å². The fourth-order valence-electron chi connectivity index (χ4n) is 2.61. The minimum absolute atomic E-state index is 0.468. The molecule has 2 fully saturated rings. The van der Waals surface area contributed by atoms with Crippen molar-refractivity contribution in [1.29, 1.82) is 0 Å². The van der Waals surface area contributed by atoms with Gasteiger partial charge in [0.2, 0.25) is 0 Å². The van der Waals surface area contributed by atoms with Crippen LogP contribution in [0.1, 0.15) is 61.9 Å². The summed E-state index contributed by atoms with van der Waals surface area (Å²) < 4.78 is 0. The molecule has 2 heterocycles. The van der Waals surface area contributed by atoms with E-state index in [-0.39, 0.29) is 0 Å². The summed E-state index contributed by atoms with van der Waals surface area (Å²) in [7, 11) is 0. The second-order valence-electron chi connectivity index (χ2n) is 5.00. The first-order valence-electron chi connectivity index (χ1n) is 6.49. The third kappa shape index (κ3) is 1.96. The van der Waals surface area contributed by atoms with Crippen LogP contribution in [0.3, 0.4) is 0 Å². The highest BCUT2D eigenvalue weighted by atomic mass is 15.0. The van der Waals surface area contributed by atoms with E-state index < -0.39 is 0 Å². The molecular weight excluding hydrogens is 198 g/mol. The van der Waals surface area contributed by atoms with Gasteiger partial charge in [0.05, 0.1) is 5.69 Å². The number of hydrogen-bond acceptors (Lipinski definition) is 3. The summed E-state index contributed by atoms with van der Waals surface area (Å²) in [6, 6.07) is 2.70. The van der Waals surface area contributed by atoms with Crippen LogP contribution in [-0.2, 0) is 0 Å². The molecule has 1 saturated carbocycles. The second kappa shape index (κ2) is 4.50. The highest BCUT2D eigenvalue weighted by Crippen LogP contribution is 2.35. The van der Waals surface area contributed by atoms with Gasteiger partial charge in [0.25, 0.3) is 0 Å². The second-order valence-corrected chi connectivity index (χ2v) is 5.00. The zero-order valence-electron chi connectivity index (χ0n) is 9.65. The van der Waals surface area contributed by atoms with Crippen LogP contribution in [-0.4, -0.2) is 16.5 Å². The summed E-state index contributed by atoms with van der Waals surface area (Å²) in [4.78, 5) is 8.85. The zero-order chi connectivity index (χ0) is 10.8. The molecule has 1 aromatic rings. The molecule has 0 spiro atoms. The Morgan fingerprint density at radius 1 is 1.00 bits per heavy atom. The van der Waals surface area contributed by atoms with E-state index in [4.69, 9.17) is 0 Å². The third-order valence-corrected chi connectivity index (χ3v) is 3.90.